The van der Waals surface area contributed by atoms with Crippen molar-refractivity contribution >= 4 is 52.5 Å². The molecule has 3 aromatic carbocycles. The lowest BCUT2D eigenvalue weighted by atomic mass is 10.2. The van der Waals surface area contributed by atoms with E-state index < -0.39 is 0 Å². The second-order valence-electron chi connectivity index (χ2n) is 7.67. The van der Waals surface area contributed by atoms with E-state index in [9.17, 15) is 9.59 Å². The van der Waals surface area contributed by atoms with Gasteiger partial charge in [0.15, 0.2) is 6.61 Å². The standard InChI is InChI=1S/C26H22Cl2N2O4/c1-17-3-2-4-21(13-17)33-12-11-30-23-15-20(8-9-24(23)34-16-26(30)32)29-25(31)10-6-18-5-7-19(27)14-22(18)28/h2-10,13-15H,11-12,16H2,1H3,(H,29,31)/b10-6+. The maximum atomic E-state index is 12.5. The Kier molecular flexibility index (Phi) is 7.40. The maximum absolute atomic E-state index is 12.5. The lowest BCUT2D eigenvalue weighted by molar-refractivity contribution is -0.121. The van der Waals surface area contributed by atoms with Crippen molar-refractivity contribution in [2.45, 2.75) is 6.92 Å². The van der Waals surface area contributed by atoms with Gasteiger partial charge in [-0.3, -0.25) is 9.59 Å². The second-order valence-corrected chi connectivity index (χ2v) is 8.51. The van der Waals surface area contributed by atoms with Crippen LogP contribution in [-0.4, -0.2) is 31.6 Å². The zero-order valence-electron chi connectivity index (χ0n) is 18.4. The molecule has 0 fully saturated rings. The number of amides is 2. The molecule has 0 spiro atoms. The van der Waals surface area contributed by atoms with Crippen LogP contribution in [0.3, 0.4) is 0 Å². The number of nitrogens with one attached hydrogen (secondary N) is 1. The van der Waals surface area contributed by atoms with Crippen LogP contribution < -0.4 is 19.7 Å². The Morgan fingerprint density at radius 3 is 2.79 bits per heavy atom. The van der Waals surface area contributed by atoms with E-state index in [1.54, 1.807) is 47.4 Å². The number of benzene rings is 3. The molecule has 1 aliphatic rings. The molecule has 174 valence electrons. The number of aryl methyl sites for hydroxylation is 1. The quantitative estimate of drug-likeness (QED) is 0.422. The van der Waals surface area contributed by atoms with E-state index in [1.807, 2.05) is 31.2 Å². The highest BCUT2D eigenvalue weighted by Gasteiger charge is 2.26. The molecular weight excluding hydrogens is 475 g/mol. The zero-order chi connectivity index (χ0) is 24.1. The van der Waals surface area contributed by atoms with Crippen LogP contribution in [0.25, 0.3) is 6.08 Å². The van der Waals surface area contributed by atoms with E-state index in [-0.39, 0.29) is 18.4 Å². The van der Waals surface area contributed by atoms with Gasteiger partial charge in [-0.2, -0.15) is 0 Å². The van der Waals surface area contributed by atoms with E-state index >= 15 is 0 Å². The van der Waals surface area contributed by atoms with Crippen molar-refractivity contribution in [3.05, 3.63) is 87.9 Å². The topological polar surface area (TPSA) is 67.9 Å². The minimum atomic E-state index is -0.344. The lowest BCUT2D eigenvalue weighted by Crippen LogP contribution is -2.41. The van der Waals surface area contributed by atoms with Gasteiger partial charge in [0, 0.05) is 21.8 Å². The van der Waals surface area contributed by atoms with Crippen molar-refractivity contribution in [2.24, 2.45) is 0 Å². The smallest absolute Gasteiger partial charge is 0.265 e. The number of hydrogen-bond donors (Lipinski definition) is 1. The summed E-state index contributed by atoms with van der Waals surface area (Å²) < 4.78 is 11.4. The van der Waals surface area contributed by atoms with Crippen LogP contribution >= 0.6 is 23.2 Å². The highest BCUT2D eigenvalue weighted by molar-refractivity contribution is 6.35. The van der Waals surface area contributed by atoms with Gasteiger partial charge in [0.05, 0.1) is 12.2 Å². The van der Waals surface area contributed by atoms with Gasteiger partial charge >= 0.3 is 0 Å². The molecule has 0 bridgehead atoms. The average molecular weight is 497 g/mol. The van der Waals surface area contributed by atoms with Crippen LogP contribution in [0.15, 0.2) is 66.7 Å². The highest BCUT2D eigenvalue weighted by Crippen LogP contribution is 2.34. The Labute approximate surface area is 207 Å². The van der Waals surface area contributed by atoms with Gasteiger partial charge in [-0.15, -0.1) is 0 Å². The van der Waals surface area contributed by atoms with E-state index in [0.717, 1.165) is 11.3 Å². The van der Waals surface area contributed by atoms with E-state index in [1.165, 1.54) is 6.08 Å². The van der Waals surface area contributed by atoms with Crippen LogP contribution in [0.4, 0.5) is 11.4 Å². The Balaban J connectivity index is 1.43. The molecule has 2 amide bonds. The number of ether oxygens (including phenoxy) is 2. The summed E-state index contributed by atoms with van der Waals surface area (Å²) in [5.74, 6) is 0.788. The largest absolute Gasteiger partial charge is 0.492 e. The first-order chi connectivity index (χ1) is 16.4. The first kappa shape index (κ1) is 23.7. The third-order valence-electron chi connectivity index (χ3n) is 5.12. The van der Waals surface area contributed by atoms with Crippen molar-refractivity contribution in [1.29, 1.82) is 0 Å². The van der Waals surface area contributed by atoms with Gasteiger partial charge in [-0.25, -0.2) is 0 Å². The summed E-state index contributed by atoms with van der Waals surface area (Å²) in [5.41, 5.74) is 2.87. The maximum Gasteiger partial charge on any atom is 0.265 e. The summed E-state index contributed by atoms with van der Waals surface area (Å²) in [6.45, 7) is 2.60. The summed E-state index contributed by atoms with van der Waals surface area (Å²) in [4.78, 5) is 26.6. The number of fused-ring (bicyclic) bond motifs is 1. The first-order valence-electron chi connectivity index (χ1n) is 10.6. The second kappa shape index (κ2) is 10.6. The molecule has 0 unspecified atom stereocenters. The molecule has 3 aromatic rings. The van der Waals surface area contributed by atoms with Gasteiger partial charge in [0.25, 0.3) is 5.91 Å². The van der Waals surface area contributed by atoms with Crippen molar-refractivity contribution < 1.29 is 19.1 Å². The van der Waals surface area contributed by atoms with Crippen LogP contribution in [0.2, 0.25) is 10.0 Å². The first-order valence-corrected chi connectivity index (χ1v) is 11.4. The van der Waals surface area contributed by atoms with Crippen LogP contribution in [0, 0.1) is 6.92 Å². The number of carbonyl (C=O) groups is 2. The summed E-state index contributed by atoms with van der Waals surface area (Å²) in [6, 6.07) is 17.9. The number of nitrogens with zero attached hydrogens (tertiary/aromatic N) is 1. The molecule has 6 nitrogen and oxygen atoms in total. The number of carbonyl (C=O) groups excluding carboxylic acids is 2. The Morgan fingerprint density at radius 2 is 2.00 bits per heavy atom. The number of halogens is 2. The lowest BCUT2D eigenvalue weighted by Gasteiger charge is -2.29. The fourth-order valence-electron chi connectivity index (χ4n) is 3.47. The SMILES string of the molecule is Cc1cccc(OCCN2C(=O)COc3ccc(NC(=O)/C=C/c4ccc(Cl)cc4Cl)cc32)c1. The molecule has 0 atom stereocenters. The number of anilines is 2. The highest BCUT2D eigenvalue weighted by atomic mass is 35.5. The van der Waals surface area contributed by atoms with Crippen LogP contribution in [0.1, 0.15) is 11.1 Å². The molecule has 0 aliphatic carbocycles. The van der Waals surface area contributed by atoms with E-state index in [0.29, 0.717) is 45.9 Å². The minimum absolute atomic E-state index is 0.0479. The van der Waals surface area contributed by atoms with Gasteiger partial charge in [-0.1, -0.05) is 41.4 Å². The zero-order valence-corrected chi connectivity index (χ0v) is 19.9. The third kappa shape index (κ3) is 5.90. The normalized spacial score (nSPS) is 12.9. The van der Waals surface area contributed by atoms with Crippen molar-refractivity contribution in [1.82, 2.24) is 0 Å². The molecule has 0 aromatic heterocycles. The van der Waals surface area contributed by atoms with Gasteiger partial charge in [-0.05, 0) is 66.6 Å². The fourth-order valence-corrected chi connectivity index (χ4v) is 3.94. The predicted octanol–water partition coefficient (Wildman–Crippen LogP) is 5.76. The van der Waals surface area contributed by atoms with Crippen LogP contribution in [-0.2, 0) is 9.59 Å². The average Bonchev–Trinajstić information content (AvgIpc) is 2.80. The molecule has 4 rings (SSSR count). The predicted molar refractivity (Wildman–Crippen MR) is 135 cm³/mol. The molecule has 1 heterocycles. The van der Waals surface area contributed by atoms with Gasteiger partial charge in [0.1, 0.15) is 18.1 Å². The minimum Gasteiger partial charge on any atom is -0.492 e. The fraction of sp³-hybridized carbons (Fsp3) is 0.154. The van der Waals surface area contributed by atoms with Crippen molar-refractivity contribution in [3.63, 3.8) is 0 Å². The third-order valence-corrected chi connectivity index (χ3v) is 5.68. The molecule has 1 aliphatic heterocycles. The Bertz CT molecular complexity index is 1260. The molecule has 0 saturated heterocycles. The molecule has 8 heteroatoms. The van der Waals surface area contributed by atoms with Gasteiger partial charge < -0.3 is 19.7 Å². The monoisotopic (exact) mass is 496 g/mol. The number of rotatable bonds is 7. The molecule has 0 radical (unpaired) electrons. The van der Waals surface area contributed by atoms with E-state index in [4.69, 9.17) is 32.7 Å². The molecular formula is C26H22Cl2N2O4. The molecule has 0 saturated carbocycles. The summed E-state index contributed by atoms with van der Waals surface area (Å²) >= 11 is 12.0. The van der Waals surface area contributed by atoms with Crippen molar-refractivity contribution in [2.75, 3.05) is 30.0 Å². The van der Waals surface area contributed by atoms with E-state index in [2.05, 4.69) is 5.32 Å². The Morgan fingerprint density at radius 1 is 1.15 bits per heavy atom. The summed E-state index contributed by atoms with van der Waals surface area (Å²) in [7, 11) is 0. The Hall–Kier alpha value is -3.48. The van der Waals surface area contributed by atoms with Gasteiger partial charge in [0.2, 0.25) is 5.91 Å². The summed E-state index contributed by atoms with van der Waals surface area (Å²) in [6.07, 6.45) is 2.98. The molecule has 34 heavy (non-hydrogen) atoms. The summed E-state index contributed by atoms with van der Waals surface area (Å²) in [5, 5.41) is 3.77. The van der Waals surface area contributed by atoms with Crippen LogP contribution in [0.5, 0.6) is 11.5 Å². The number of hydrogen-bond acceptors (Lipinski definition) is 4. The van der Waals surface area contributed by atoms with Crippen molar-refractivity contribution in [3.8, 4) is 11.5 Å². The molecule has 1 N–H and O–H groups in total.